The van der Waals surface area contributed by atoms with E-state index in [2.05, 4.69) is 56.3 Å². The molecule has 0 amide bonds. The number of carbonyl (C=O) groups is 1. The summed E-state index contributed by atoms with van der Waals surface area (Å²) in [4.78, 5) is 12.5. The molecule has 25 heavy (non-hydrogen) atoms. The van der Waals surface area contributed by atoms with Gasteiger partial charge in [-0.2, -0.15) is 0 Å². The van der Waals surface area contributed by atoms with E-state index >= 15 is 0 Å². The van der Waals surface area contributed by atoms with Gasteiger partial charge in [0, 0.05) is 13.2 Å². The third kappa shape index (κ3) is 3.93. The van der Waals surface area contributed by atoms with Crippen LogP contribution in [-0.4, -0.2) is 26.3 Å². The third-order valence-corrected chi connectivity index (χ3v) is 5.09. The summed E-state index contributed by atoms with van der Waals surface area (Å²) >= 11 is 0. The highest BCUT2D eigenvalue weighted by Crippen LogP contribution is 2.36. The molecular formula is C22H26O3. The SMILES string of the molecule is COC(=O)C1(Cc2cccc(-c3cc(C)cc(C)c3)c2)CCOCC1. The van der Waals surface area contributed by atoms with Crippen molar-refractivity contribution in [3.63, 3.8) is 0 Å². The van der Waals surface area contributed by atoms with Gasteiger partial charge in [0.05, 0.1) is 12.5 Å². The number of hydrogen-bond acceptors (Lipinski definition) is 3. The second-order valence-corrected chi connectivity index (χ2v) is 7.14. The van der Waals surface area contributed by atoms with Crippen molar-refractivity contribution >= 4 is 5.97 Å². The fourth-order valence-corrected chi connectivity index (χ4v) is 3.82. The van der Waals surface area contributed by atoms with Crippen LogP contribution in [0.3, 0.4) is 0 Å². The molecule has 0 radical (unpaired) electrons. The lowest BCUT2D eigenvalue weighted by atomic mass is 9.75. The highest BCUT2D eigenvalue weighted by molar-refractivity contribution is 5.77. The van der Waals surface area contributed by atoms with Crippen molar-refractivity contribution in [2.75, 3.05) is 20.3 Å². The van der Waals surface area contributed by atoms with E-state index in [1.54, 1.807) is 0 Å². The van der Waals surface area contributed by atoms with Crippen LogP contribution in [0.2, 0.25) is 0 Å². The fourth-order valence-electron chi connectivity index (χ4n) is 3.82. The second-order valence-electron chi connectivity index (χ2n) is 7.14. The molecule has 0 saturated carbocycles. The van der Waals surface area contributed by atoms with Crippen LogP contribution in [0, 0.1) is 19.3 Å². The monoisotopic (exact) mass is 338 g/mol. The minimum Gasteiger partial charge on any atom is -0.469 e. The standard InChI is InChI=1S/C22H26O3/c1-16-11-17(2)13-20(12-16)19-6-4-5-18(14-19)15-22(21(23)24-3)7-9-25-10-8-22/h4-6,11-14H,7-10,15H2,1-3H3. The zero-order valence-electron chi connectivity index (χ0n) is 15.3. The van der Waals surface area contributed by atoms with E-state index in [0.29, 0.717) is 32.5 Å². The van der Waals surface area contributed by atoms with Crippen molar-refractivity contribution in [3.05, 3.63) is 59.2 Å². The summed E-state index contributed by atoms with van der Waals surface area (Å²) in [6.07, 6.45) is 2.13. The molecule has 3 heteroatoms. The summed E-state index contributed by atoms with van der Waals surface area (Å²) < 4.78 is 10.6. The molecule has 0 aliphatic carbocycles. The molecule has 0 atom stereocenters. The molecule has 0 unspecified atom stereocenters. The number of methoxy groups -OCH3 is 1. The van der Waals surface area contributed by atoms with Crippen LogP contribution in [0.5, 0.6) is 0 Å². The van der Waals surface area contributed by atoms with E-state index in [1.807, 2.05) is 0 Å². The Kier molecular flexibility index (Phi) is 5.24. The molecule has 3 nitrogen and oxygen atoms in total. The molecule has 3 rings (SSSR count). The van der Waals surface area contributed by atoms with Gasteiger partial charge in [0.25, 0.3) is 0 Å². The van der Waals surface area contributed by atoms with Crippen molar-refractivity contribution < 1.29 is 14.3 Å². The Hall–Kier alpha value is -2.13. The van der Waals surface area contributed by atoms with Gasteiger partial charge >= 0.3 is 5.97 Å². The number of benzene rings is 2. The van der Waals surface area contributed by atoms with Crippen LogP contribution >= 0.6 is 0 Å². The Balaban J connectivity index is 1.91. The van der Waals surface area contributed by atoms with Crippen LogP contribution in [0.25, 0.3) is 11.1 Å². The second kappa shape index (κ2) is 7.40. The van der Waals surface area contributed by atoms with Crippen LogP contribution in [0.15, 0.2) is 42.5 Å². The Morgan fingerprint density at radius 3 is 2.36 bits per heavy atom. The fraction of sp³-hybridized carbons (Fsp3) is 0.409. The summed E-state index contributed by atoms with van der Waals surface area (Å²) in [5, 5.41) is 0. The van der Waals surface area contributed by atoms with E-state index < -0.39 is 5.41 Å². The first-order chi connectivity index (χ1) is 12.0. The molecule has 0 N–H and O–H groups in total. The molecule has 132 valence electrons. The van der Waals surface area contributed by atoms with Crippen LogP contribution in [0.1, 0.15) is 29.5 Å². The lowest BCUT2D eigenvalue weighted by Gasteiger charge is -2.34. The predicted octanol–water partition coefficient (Wildman–Crippen LogP) is 4.48. The highest BCUT2D eigenvalue weighted by atomic mass is 16.5. The van der Waals surface area contributed by atoms with Gasteiger partial charge < -0.3 is 9.47 Å². The molecular weight excluding hydrogens is 312 g/mol. The van der Waals surface area contributed by atoms with Gasteiger partial charge in [-0.15, -0.1) is 0 Å². The van der Waals surface area contributed by atoms with E-state index in [4.69, 9.17) is 9.47 Å². The molecule has 1 saturated heterocycles. The smallest absolute Gasteiger partial charge is 0.312 e. The number of rotatable bonds is 4. The first-order valence-corrected chi connectivity index (χ1v) is 8.86. The average molecular weight is 338 g/mol. The highest BCUT2D eigenvalue weighted by Gasteiger charge is 2.41. The van der Waals surface area contributed by atoms with Crippen LogP contribution in [0.4, 0.5) is 0 Å². The van der Waals surface area contributed by atoms with Gasteiger partial charge in [0.2, 0.25) is 0 Å². The average Bonchev–Trinajstić information content (AvgIpc) is 2.61. The normalized spacial score (nSPS) is 16.4. The largest absolute Gasteiger partial charge is 0.469 e. The Labute approximate surface area is 150 Å². The van der Waals surface area contributed by atoms with Crippen molar-refractivity contribution in [1.29, 1.82) is 0 Å². The molecule has 1 heterocycles. The molecule has 1 aliphatic rings. The number of esters is 1. The molecule has 2 aromatic rings. The summed E-state index contributed by atoms with van der Waals surface area (Å²) in [5.74, 6) is -0.118. The molecule has 1 fully saturated rings. The minimum absolute atomic E-state index is 0.118. The van der Waals surface area contributed by atoms with Gasteiger partial charge in [-0.1, -0.05) is 53.6 Å². The zero-order valence-corrected chi connectivity index (χ0v) is 15.3. The van der Waals surface area contributed by atoms with E-state index in [0.717, 1.165) is 0 Å². The van der Waals surface area contributed by atoms with Gasteiger partial charge in [-0.3, -0.25) is 4.79 Å². The first-order valence-electron chi connectivity index (χ1n) is 8.86. The van der Waals surface area contributed by atoms with Gasteiger partial charge in [-0.25, -0.2) is 0 Å². The zero-order chi connectivity index (χ0) is 17.9. The lowest BCUT2D eigenvalue weighted by molar-refractivity contribution is -0.158. The maximum Gasteiger partial charge on any atom is 0.312 e. The number of hydrogen-bond donors (Lipinski definition) is 0. The molecule has 0 aromatic heterocycles. The van der Waals surface area contributed by atoms with Gasteiger partial charge in [0.1, 0.15) is 0 Å². The minimum atomic E-state index is -0.464. The summed E-state index contributed by atoms with van der Waals surface area (Å²) in [6, 6.07) is 15.1. The van der Waals surface area contributed by atoms with E-state index in [9.17, 15) is 4.79 Å². The summed E-state index contributed by atoms with van der Waals surface area (Å²) in [6.45, 7) is 5.47. The number of ether oxygens (including phenoxy) is 2. The number of aryl methyl sites for hydroxylation is 2. The summed E-state index contributed by atoms with van der Waals surface area (Å²) in [7, 11) is 1.48. The molecule has 2 aromatic carbocycles. The maximum absolute atomic E-state index is 12.5. The van der Waals surface area contributed by atoms with Crippen LogP contribution < -0.4 is 0 Å². The van der Waals surface area contributed by atoms with E-state index in [-0.39, 0.29) is 5.97 Å². The Morgan fingerprint density at radius 1 is 1.04 bits per heavy atom. The molecule has 0 spiro atoms. The lowest BCUT2D eigenvalue weighted by Crippen LogP contribution is -2.40. The predicted molar refractivity (Wildman–Crippen MR) is 99.6 cm³/mol. The van der Waals surface area contributed by atoms with Gasteiger partial charge in [0.15, 0.2) is 0 Å². The van der Waals surface area contributed by atoms with Gasteiger partial charge in [-0.05, 0) is 49.8 Å². The van der Waals surface area contributed by atoms with Crippen molar-refractivity contribution in [1.82, 2.24) is 0 Å². The molecule has 0 bridgehead atoms. The maximum atomic E-state index is 12.5. The number of carbonyl (C=O) groups excluding carboxylic acids is 1. The van der Waals surface area contributed by atoms with Crippen molar-refractivity contribution in [2.24, 2.45) is 5.41 Å². The molecule has 1 aliphatic heterocycles. The summed E-state index contributed by atoms with van der Waals surface area (Å²) in [5.41, 5.74) is 5.64. The third-order valence-electron chi connectivity index (χ3n) is 5.09. The topological polar surface area (TPSA) is 35.5 Å². The Bertz CT molecular complexity index is 737. The van der Waals surface area contributed by atoms with Crippen molar-refractivity contribution in [3.8, 4) is 11.1 Å². The first kappa shape index (κ1) is 17.7. The van der Waals surface area contributed by atoms with E-state index in [1.165, 1.54) is 34.9 Å². The Morgan fingerprint density at radius 2 is 1.72 bits per heavy atom. The van der Waals surface area contributed by atoms with Crippen LogP contribution in [-0.2, 0) is 20.7 Å². The van der Waals surface area contributed by atoms with Crippen molar-refractivity contribution in [2.45, 2.75) is 33.1 Å². The quantitative estimate of drug-likeness (QED) is 0.771.